The number of esters is 1. The first-order valence-electron chi connectivity index (χ1n) is 9.94. The predicted molar refractivity (Wildman–Crippen MR) is 111 cm³/mol. The molecule has 2 rings (SSSR count). The third kappa shape index (κ3) is 4.45. The first kappa shape index (κ1) is 21.7. The number of hydrogen-bond acceptors (Lipinski definition) is 4. The third-order valence-corrected chi connectivity index (χ3v) is 7.64. The average molecular weight is 391 g/mol. The van der Waals surface area contributed by atoms with Crippen molar-refractivity contribution in [3.05, 3.63) is 34.1 Å². The number of allylic oxidation sites excluding steroid dienone is 4. The Morgan fingerprint density at radius 1 is 1.37 bits per heavy atom. The Labute approximate surface area is 164 Å². The lowest BCUT2D eigenvalue weighted by Crippen LogP contribution is -2.35. The van der Waals surface area contributed by atoms with Crippen molar-refractivity contribution < 1.29 is 19.1 Å². The monoisotopic (exact) mass is 390 g/mol. The molecule has 0 aromatic carbocycles. The van der Waals surface area contributed by atoms with E-state index in [4.69, 9.17) is 9.47 Å². The Kier molecular flexibility index (Phi) is 6.56. The molecular formula is C22H34O4Si. The second-order valence-electron chi connectivity index (χ2n) is 9.21. The van der Waals surface area contributed by atoms with E-state index in [0.29, 0.717) is 36.5 Å². The maximum atomic E-state index is 12.6. The molecule has 1 saturated heterocycles. The minimum Gasteiger partial charge on any atom is -0.493 e. The molecule has 0 bridgehead atoms. The van der Waals surface area contributed by atoms with E-state index in [1.165, 1.54) is 5.57 Å². The molecule has 27 heavy (non-hydrogen) atoms. The van der Waals surface area contributed by atoms with Crippen molar-refractivity contribution in [3.8, 4) is 0 Å². The van der Waals surface area contributed by atoms with Gasteiger partial charge in [-0.25, -0.2) is 4.79 Å². The molecule has 0 N–H and O–H groups in total. The Morgan fingerprint density at radius 3 is 2.59 bits per heavy atom. The Hall–Kier alpha value is -1.62. The summed E-state index contributed by atoms with van der Waals surface area (Å²) >= 11 is 0. The fourth-order valence-corrected chi connectivity index (χ4v) is 4.62. The highest BCUT2D eigenvalue weighted by atomic mass is 28.3. The molecule has 0 radical (unpaired) electrons. The second-order valence-corrected chi connectivity index (χ2v) is 14.8. The number of ether oxygens (including phenoxy) is 2. The Bertz CT molecular complexity index is 708. The van der Waals surface area contributed by atoms with Gasteiger partial charge in [0.05, 0.1) is 12.2 Å². The number of carbonyl (C=O) groups is 2. The summed E-state index contributed by atoms with van der Waals surface area (Å²) in [5, 5.41) is 0. The molecule has 1 fully saturated rings. The van der Waals surface area contributed by atoms with Crippen LogP contribution in [0.3, 0.4) is 0 Å². The van der Waals surface area contributed by atoms with Gasteiger partial charge in [0.1, 0.15) is 18.7 Å². The second kappa shape index (κ2) is 8.17. The molecule has 0 amide bonds. The summed E-state index contributed by atoms with van der Waals surface area (Å²) < 4.78 is 11.8. The van der Waals surface area contributed by atoms with Crippen LogP contribution in [0.4, 0.5) is 0 Å². The van der Waals surface area contributed by atoms with Crippen molar-refractivity contribution >= 4 is 20.3 Å². The summed E-state index contributed by atoms with van der Waals surface area (Å²) in [5.41, 5.74) is 3.41. The normalized spacial score (nSPS) is 26.3. The van der Waals surface area contributed by atoms with Crippen molar-refractivity contribution in [2.24, 2.45) is 11.3 Å². The van der Waals surface area contributed by atoms with Gasteiger partial charge in [0.15, 0.2) is 0 Å². The van der Waals surface area contributed by atoms with E-state index < -0.39 is 8.07 Å². The predicted octanol–water partition coefficient (Wildman–Crippen LogP) is 5.05. The van der Waals surface area contributed by atoms with Gasteiger partial charge in [-0.3, -0.25) is 4.79 Å². The van der Waals surface area contributed by atoms with E-state index in [9.17, 15) is 9.59 Å². The zero-order valence-corrected chi connectivity index (χ0v) is 18.9. The molecule has 0 aromatic heterocycles. The van der Waals surface area contributed by atoms with Crippen LogP contribution in [-0.2, 0) is 19.1 Å². The molecule has 5 heteroatoms. The molecule has 2 atom stereocenters. The standard InChI is InChI=1S/C22H34O4Si/c1-8-17-16(3)22(4)14-26-21(24)19(22)20(25-11-12-27(5,6)7)18(17)10-9-15(2)13-23/h9,13,16H,8,10-12,14H2,1-7H3/b15-9+. The van der Waals surface area contributed by atoms with Crippen LogP contribution in [0.2, 0.25) is 25.7 Å². The molecule has 1 aliphatic carbocycles. The molecule has 150 valence electrons. The van der Waals surface area contributed by atoms with Crippen LogP contribution < -0.4 is 0 Å². The van der Waals surface area contributed by atoms with E-state index in [2.05, 4.69) is 40.4 Å². The summed E-state index contributed by atoms with van der Waals surface area (Å²) in [4.78, 5) is 23.7. The van der Waals surface area contributed by atoms with Crippen molar-refractivity contribution in [2.45, 2.75) is 66.2 Å². The van der Waals surface area contributed by atoms with Gasteiger partial charge in [-0.2, -0.15) is 0 Å². The van der Waals surface area contributed by atoms with Crippen molar-refractivity contribution in [2.75, 3.05) is 13.2 Å². The molecule has 1 aliphatic heterocycles. The first-order chi connectivity index (χ1) is 12.5. The molecule has 0 aromatic rings. The Balaban J connectivity index is 2.52. The quantitative estimate of drug-likeness (QED) is 0.252. The van der Waals surface area contributed by atoms with Gasteiger partial charge >= 0.3 is 5.97 Å². The lowest BCUT2D eigenvalue weighted by molar-refractivity contribution is -0.135. The SMILES string of the molecule is CCC1=C(C/C=C(\C)C=O)C(OCC[Si](C)(C)C)=C2C(=O)OCC2(C)C1C. The van der Waals surface area contributed by atoms with Crippen LogP contribution >= 0.6 is 0 Å². The highest BCUT2D eigenvalue weighted by Gasteiger charge is 2.52. The number of aldehydes is 1. The molecule has 0 spiro atoms. The van der Waals surface area contributed by atoms with Crippen LogP contribution in [0, 0.1) is 11.3 Å². The highest BCUT2D eigenvalue weighted by Crippen LogP contribution is 2.53. The minimum absolute atomic E-state index is 0.202. The van der Waals surface area contributed by atoms with E-state index in [1.54, 1.807) is 6.92 Å². The number of rotatable bonds is 8. The Morgan fingerprint density at radius 2 is 2.04 bits per heavy atom. The maximum absolute atomic E-state index is 12.6. The number of cyclic esters (lactones) is 1. The summed E-state index contributed by atoms with van der Waals surface area (Å²) in [5.74, 6) is 0.660. The summed E-state index contributed by atoms with van der Waals surface area (Å²) in [6.07, 6.45) is 4.29. The molecule has 2 unspecified atom stereocenters. The zero-order valence-electron chi connectivity index (χ0n) is 17.9. The van der Waals surface area contributed by atoms with Crippen LogP contribution in [0.1, 0.15) is 40.5 Å². The first-order valence-corrected chi connectivity index (χ1v) is 13.6. The van der Waals surface area contributed by atoms with E-state index in [-0.39, 0.29) is 17.3 Å². The van der Waals surface area contributed by atoms with Crippen LogP contribution in [-0.4, -0.2) is 33.5 Å². The largest absolute Gasteiger partial charge is 0.493 e. The molecular weight excluding hydrogens is 356 g/mol. The van der Waals surface area contributed by atoms with Gasteiger partial charge in [-0.15, -0.1) is 0 Å². The molecule has 4 nitrogen and oxygen atoms in total. The average Bonchev–Trinajstić information content (AvgIpc) is 2.90. The van der Waals surface area contributed by atoms with Gasteiger partial charge in [0.25, 0.3) is 0 Å². The van der Waals surface area contributed by atoms with Crippen LogP contribution in [0.5, 0.6) is 0 Å². The van der Waals surface area contributed by atoms with Crippen molar-refractivity contribution in [3.63, 3.8) is 0 Å². The lowest BCUT2D eigenvalue weighted by Gasteiger charge is -2.39. The summed E-state index contributed by atoms with van der Waals surface area (Å²) in [7, 11) is -1.25. The van der Waals surface area contributed by atoms with Crippen LogP contribution in [0.25, 0.3) is 0 Å². The van der Waals surface area contributed by atoms with Crippen molar-refractivity contribution in [1.29, 1.82) is 0 Å². The fourth-order valence-electron chi connectivity index (χ4n) is 3.90. The van der Waals surface area contributed by atoms with Gasteiger partial charge in [0.2, 0.25) is 0 Å². The van der Waals surface area contributed by atoms with Gasteiger partial charge in [-0.1, -0.05) is 52.1 Å². The summed E-state index contributed by atoms with van der Waals surface area (Å²) in [6, 6.07) is 1.03. The van der Waals surface area contributed by atoms with E-state index in [0.717, 1.165) is 24.3 Å². The number of fused-ring (bicyclic) bond motifs is 1. The smallest absolute Gasteiger partial charge is 0.338 e. The molecule has 2 aliphatic rings. The van der Waals surface area contributed by atoms with Gasteiger partial charge in [0, 0.05) is 13.5 Å². The van der Waals surface area contributed by atoms with E-state index in [1.807, 2.05) is 6.08 Å². The van der Waals surface area contributed by atoms with E-state index >= 15 is 0 Å². The topological polar surface area (TPSA) is 52.6 Å². The fraction of sp³-hybridized carbons (Fsp3) is 0.636. The number of hydrogen-bond donors (Lipinski definition) is 0. The lowest BCUT2D eigenvalue weighted by atomic mass is 9.64. The van der Waals surface area contributed by atoms with Gasteiger partial charge in [-0.05, 0) is 42.9 Å². The molecule has 0 saturated carbocycles. The van der Waals surface area contributed by atoms with Gasteiger partial charge < -0.3 is 9.47 Å². The van der Waals surface area contributed by atoms with Crippen LogP contribution in [0.15, 0.2) is 34.1 Å². The maximum Gasteiger partial charge on any atom is 0.338 e. The number of carbonyl (C=O) groups excluding carboxylic acids is 2. The third-order valence-electron chi connectivity index (χ3n) is 5.94. The minimum atomic E-state index is -1.25. The highest BCUT2D eigenvalue weighted by molar-refractivity contribution is 6.76. The summed E-state index contributed by atoms with van der Waals surface area (Å²) in [6.45, 7) is 16.2. The van der Waals surface area contributed by atoms with Crippen molar-refractivity contribution in [1.82, 2.24) is 0 Å². The zero-order chi connectivity index (χ0) is 20.4. The molecule has 1 heterocycles.